The van der Waals surface area contributed by atoms with Crippen LogP contribution in [0.15, 0.2) is 66.9 Å². The molecule has 2 heterocycles. The minimum absolute atomic E-state index is 0.238. The van der Waals surface area contributed by atoms with E-state index in [1.165, 1.54) is 24.4 Å². The molecule has 188 valence electrons. The molecule has 1 fully saturated rings. The molecule has 5 nitrogen and oxygen atoms in total. The van der Waals surface area contributed by atoms with E-state index in [2.05, 4.69) is 20.1 Å². The quantitative estimate of drug-likeness (QED) is 0.367. The van der Waals surface area contributed by atoms with E-state index < -0.39 is 11.7 Å². The summed E-state index contributed by atoms with van der Waals surface area (Å²) < 4.78 is 38.1. The molecular weight excluding hydrogens is 512 g/mol. The Kier molecular flexibility index (Phi) is 8.18. The van der Waals surface area contributed by atoms with Crippen LogP contribution in [0.4, 0.5) is 24.5 Å². The molecule has 1 amide bonds. The summed E-state index contributed by atoms with van der Waals surface area (Å²) in [6.07, 6.45) is 0.914. The third-order valence-corrected chi connectivity index (χ3v) is 6.26. The smallest absolute Gasteiger partial charge is 0.367 e. The molecule has 0 radical (unpaired) electrons. The third kappa shape index (κ3) is 6.78. The molecule has 36 heavy (non-hydrogen) atoms. The third-order valence-electron chi connectivity index (χ3n) is 5.82. The van der Waals surface area contributed by atoms with E-state index in [0.717, 1.165) is 49.6 Å². The second-order valence-corrected chi connectivity index (χ2v) is 9.12. The van der Waals surface area contributed by atoms with Crippen LogP contribution in [0, 0.1) is 0 Å². The molecule has 0 saturated carbocycles. The summed E-state index contributed by atoms with van der Waals surface area (Å²) in [6, 6.07) is 13.5. The summed E-state index contributed by atoms with van der Waals surface area (Å²) in [6.45, 7) is 3.67. The number of anilines is 2. The first-order chi connectivity index (χ1) is 17.2. The predicted molar refractivity (Wildman–Crippen MR) is 138 cm³/mol. The highest BCUT2D eigenvalue weighted by Crippen LogP contribution is 2.31. The first kappa shape index (κ1) is 26.0. The average Bonchev–Trinajstić information content (AvgIpc) is 2.85. The van der Waals surface area contributed by atoms with Gasteiger partial charge in [-0.1, -0.05) is 47.5 Å². The molecule has 3 aromatic rings. The summed E-state index contributed by atoms with van der Waals surface area (Å²) in [4.78, 5) is 21.0. The average molecular weight is 535 g/mol. The standard InChI is InChI=1S/C26H23Cl2F3N4O/c27-21-7-8-22(33-25(36)19-9-10-32-24(28)16-19)23(17-21)35-14-12-34(13-15-35)11-1-2-18-3-5-20(6-4-18)26(29,30)31/h1-10,16-17H,11-15H2,(H,33,36). The molecule has 2 aromatic carbocycles. The van der Waals surface area contributed by atoms with Gasteiger partial charge in [-0.15, -0.1) is 0 Å². The van der Waals surface area contributed by atoms with Crippen molar-refractivity contribution in [2.75, 3.05) is 42.9 Å². The van der Waals surface area contributed by atoms with Gasteiger partial charge < -0.3 is 10.2 Å². The van der Waals surface area contributed by atoms with E-state index in [9.17, 15) is 18.0 Å². The van der Waals surface area contributed by atoms with Gasteiger partial charge in [-0.05, 0) is 48.0 Å². The highest BCUT2D eigenvalue weighted by molar-refractivity contribution is 6.31. The van der Waals surface area contributed by atoms with Crippen molar-refractivity contribution in [1.29, 1.82) is 0 Å². The number of carbonyl (C=O) groups is 1. The number of pyridine rings is 1. The van der Waals surface area contributed by atoms with Crippen LogP contribution in [-0.4, -0.2) is 48.5 Å². The molecule has 0 bridgehead atoms. The lowest BCUT2D eigenvalue weighted by Gasteiger charge is -2.36. The van der Waals surface area contributed by atoms with Crippen molar-refractivity contribution in [3.05, 3.63) is 93.7 Å². The zero-order valence-corrected chi connectivity index (χ0v) is 20.6. The zero-order chi connectivity index (χ0) is 25.7. The van der Waals surface area contributed by atoms with E-state index in [1.54, 1.807) is 18.2 Å². The fraction of sp³-hybridized carbons (Fsp3) is 0.231. The molecule has 1 saturated heterocycles. The van der Waals surface area contributed by atoms with Gasteiger partial charge in [0, 0.05) is 49.5 Å². The van der Waals surface area contributed by atoms with Gasteiger partial charge in [-0.3, -0.25) is 9.69 Å². The highest BCUT2D eigenvalue weighted by atomic mass is 35.5. The Morgan fingerprint density at radius 3 is 2.39 bits per heavy atom. The number of nitrogens with zero attached hydrogens (tertiary/aromatic N) is 3. The SMILES string of the molecule is O=C(Nc1ccc(Cl)cc1N1CCN(CC=Cc2ccc(C(F)(F)F)cc2)CC1)c1ccnc(Cl)c1. The molecular formula is C26H23Cl2F3N4O. The van der Waals surface area contributed by atoms with Crippen LogP contribution in [-0.2, 0) is 6.18 Å². The van der Waals surface area contributed by atoms with Gasteiger partial charge in [0.05, 0.1) is 16.9 Å². The minimum atomic E-state index is -4.33. The Hall–Kier alpha value is -3.07. The monoisotopic (exact) mass is 534 g/mol. The Balaban J connectivity index is 1.35. The second kappa shape index (κ2) is 11.3. The summed E-state index contributed by atoms with van der Waals surface area (Å²) in [7, 11) is 0. The number of amides is 1. The fourth-order valence-electron chi connectivity index (χ4n) is 3.90. The van der Waals surface area contributed by atoms with Crippen molar-refractivity contribution >= 4 is 46.6 Å². The van der Waals surface area contributed by atoms with Crippen molar-refractivity contribution in [3.8, 4) is 0 Å². The number of rotatable bonds is 6. The topological polar surface area (TPSA) is 48.5 Å². The van der Waals surface area contributed by atoms with E-state index in [1.807, 2.05) is 18.2 Å². The number of benzene rings is 2. The summed E-state index contributed by atoms with van der Waals surface area (Å²) in [5.74, 6) is -0.296. The number of hydrogen-bond donors (Lipinski definition) is 1. The van der Waals surface area contributed by atoms with E-state index in [0.29, 0.717) is 22.8 Å². The van der Waals surface area contributed by atoms with Crippen LogP contribution < -0.4 is 10.2 Å². The van der Waals surface area contributed by atoms with Gasteiger partial charge in [-0.2, -0.15) is 13.2 Å². The molecule has 10 heteroatoms. The van der Waals surface area contributed by atoms with E-state index >= 15 is 0 Å². The lowest BCUT2D eigenvalue weighted by molar-refractivity contribution is -0.137. The Morgan fingerprint density at radius 2 is 1.72 bits per heavy atom. The van der Waals surface area contributed by atoms with Crippen LogP contribution in [0.5, 0.6) is 0 Å². The van der Waals surface area contributed by atoms with Crippen LogP contribution >= 0.6 is 23.2 Å². The largest absolute Gasteiger partial charge is 0.416 e. The first-order valence-corrected chi connectivity index (χ1v) is 12.0. The number of nitrogens with one attached hydrogen (secondary N) is 1. The maximum absolute atomic E-state index is 12.7. The zero-order valence-electron chi connectivity index (χ0n) is 19.1. The van der Waals surface area contributed by atoms with E-state index in [-0.39, 0.29) is 11.1 Å². The minimum Gasteiger partial charge on any atom is -0.367 e. The number of piperazine rings is 1. The molecule has 1 aliphatic heterocycles. The second-order valence-electron chi connectivity index (χ2n) is 8.29. The van der Waals surface area contributed by atoms with Gasteiger partial charge in [-0.25, -0.2) is 4.98 Å². The molecule has 1 aromatic heterocycles. The van der Waals surface area contributed by atoms with Crippen LogP contribution in [0.3, 0.4) is 0 Å². The van der Waals surface area contributed by atoms with Crippen LogP contribution in [0.25, 0.3) is 6.08 Å². The molecule has 0 spiro atoms. The number of hydrogen-bond acceptors (Lipinski definition) is 4. The predicted octanol–water partition coefficient (Wildman–Crippen LogP) is 6.49. The number of alkyl halides is 3. The lowest BCUT2D eigenvalue weighted by Crippen LogP contribution is -2.46. The van der Waals surface area contributed by atoms with Crippen molar-refractivity contribution in [2.45, 2.75) is 6.18 Å². The van der Waals surface area contributed by atoms with Gasteiger partial charge in [0.1, 0.15) is 5.15 Å². The molecule has 4 rings (SSSR count). The van der Waals surface area contributed by atoms with Crippen molar-refractivity contribution in [1.82, 2.24) is 9.88 Å². The van der Waals surface area contributed by atoms with Gasteiger partial charge in [0.15, 0.2) is 0 Å². The van der Waals surface area contributed by atoms with Crippen molar-refractivity contribution in [2.24, 2.45) is 0 Å². The Labute approximate surface area is 217 Å². The summed E-state index contributed by atoms with van der Waals surface area (Å²) in [5.41, 5.74) is 1.94. The molecule has 0 aliphatic carbocycles. The van der Waals surface area contributed by atoms with Crippen molar-refractivity contribution < 1.29 is 18.0 Å². The normalized spacial score (nSPS) is 14.9. The van der Waals surface area contributed by atoms with Gasteiger partial charge >= 0.3 is 6.18 Å². The highest BCUT2D eigenvalue weighted by Gasteiger charge is 2.29. The molecule has 0 atom stereocenters. The Morgan fingerprint density at radius 1 is 1.00 bits per heavy atom. The number of aromatic nitrogens is 1. The Bertz CT molecular complexity index is 1240. The van der Waals surface area contributed by atoms with Crippen molar-refractivity contribution in [3.63, 3.8) is 0 Å². The maximum Gasteiger partial charge on any atom is 0.416 e. The number of halogens is 5. The van der Waals surface area contributed by atoms with Gasteiger partial charge in [0.2, 0.25) is 0 Å². The first-order valence-electron chi connectivity index (χ1n) is 11.2. The molecule has 1 aliphatic rings. The van der Waals surface area contributed by atoms with Crippen LogP contribution in [0.1, 0.15) is 21.5 Å². The maximum atomic E-state index is 12.7. The lowest BCUT2D eigenvalue weighted by atomic mass is 10.1. The fourth-order valence-corrected chi connectivity index (χ4v) is 4.24. The number of carbonyl (C=O) groups excluding carboxylic acids is 1. The van der Waals surface area contributed by atoms with E-state index in [4.69, 9.17) is 23.2 Å². The van der Waals surface area contributed by atoms with Gasteiger partial charge in [0.25, 0.3) is 5.91 Å². The summed E-state index contributed by atoms with van der Waals surface area (Å²) in [5, 5.41) is 3.74. The summed E-state index contributed by atoms with van der Waals surface area (Å²) >= 11 is 12.2. The molecule has 1 N–H and O–H groups in total. The van der Waals surface area contributed by atoms with Crippen LogP contribution in [0.2, 0.25) is 10.2 Å². The molecule has 0 unspecified atom stereocenters.